The van der Waals surface area contributed by atoms with Gasteiger partial charge in [-0.25, -0.2) is 9.97 Å². The van der Waals surface area contributed by atoms with E-state index in [1.165, 1.54) is 12.8 Å². The highest BCUT2D eigenvalue weighted by Crippen LogP contribution is 2.22. The molecule has 1 saturated heterocycles. The van der Waals surface area contributed by atoms with Crippen LogP contribution in [0.25, 0.3) is 0 Å². The van der Waals surface area contributed by atoms with Gasteiger partial charge in [-0.3, -0.25) is 0 Å². The third kappa shape index (κ3) is 4.28. The number of hydrogen-bond donors (Lipinski definition) is 1. The van der Waals surface area contributed by atoms with Crippen molar-refractivity contribution < 1.29 is 4.74 Å². The summed E-state index contributed by atoms with van der Waals surface area (Å²) < 4.78 is 5.44. The molecular weight excluding hydrogens is 266 g/mol. The van der Waals surface area contributed by atoms with Gasteiger partial charge in [0.1, 0.15) is 18.2 Å². The second-order valence-corrected chi connectivity index (χ2v) is 5.62. The predicted molar refractivity (Wildman–Crippen MR) is 85.8 cm³/mol. The second kappa shape index (κ2) is 7.56. The van der Waals surface area contributed by atoms with Crippen molar-refractivity contribution in [3.8, 4) is 0 Å². The minimum Gasteiger partial charge on any atom is -0.374 e. The molecule has 118 valence electrons. The number of piperidine rings is 1. The van der Waals surface area contributed by atoms with Crippen molar-refractivity contribution in [2.45, 2.75) is 32.4 Å². The van der Waals surface area contributed by atoms with Gasteiger partial charge in [-0.1, -0.05) is 0 Å². The lowest BCUT2D eigenvalue weighted by Crippen LogP contribution is -2.45. The maximum absolute atomic E-state index is 5.44. The number of rotatable bonds is 6. The van der Waals surface area contributed by atoms with Crippen molar-refractivity contribution in [1.29, 1.82) is 0 Å². The highest BCUT2D eigenvalue weighted by atomic mass is 16.5. The molecule has 21 heavy (non-hydrogen) atoms. The van der Waals surface area contributed by atoms with Gasteiger partial charge >= 0.3 is 0 Å². The molecule has 0 saturated carbocycles. The molecule has 6 heteroatoms. The average molecular weight is 293 g/mol. The van der Waals surface area contributed by atoms with Crippen molar-refractivity contribution in [1.82, 2.24) is 14.9 Å². The number of hydrogen-bond acceptors (Lipinski definition) is 6. The molecule has 6 nitrogen and oxygen atoms in total. The van der Waals surface area contributed by atoms with Gasteiger partial charge in [-0.05, 0) is 33.9 Å². The Morgan fingerprint density at radius 2 is 2.24 bits per heavy atom. The summed E-state index contributed by atoms with van der Waals surface area (Å²) in [6, 6.07) is 2.61. The first-order valence-corrected chi connectivity index (χ1v) is 7.68. The van der Waals surface area contributed by atoms with Crippen LogP contribution in [0, 0.1) is 0 Å². The van der Waals surface area contributed by atoms with Gasteiger partial charge < -0.3 is 19.9 Å². The number of ether oxygens (including phenoxy) is 1. The zero-order valence-electron chi connectivity index (χ0n) is 13.6. The minimum atomic E-state index is 0.462. The normalized spacial score (nSPS) is 19.1. The van der Waals surface area contributed by atoms with Gasteiger partial charge in [0.05, 0.1) is 0 Å². The quantitative estimate of drug-likeness (QED) is 0.859. The summed E-state index contributed by atoms with van der Waals surface area (Å²) in [5.41, 5.74) is 0. The van der Waals surface area contributed by atoms with Gasteiger partial charge in [-0.15, -0.1) is 0 Å². The molecule has 2 rings (SSSR count). The number of nitrogens with one attached hydrogen (secondary N) is 1. The lowest BCUT2D eigenvalue weighted by atomic mass is 10.1. The zero-order valence-corrected chi connectivity index (χ0v) is 13.6. The van der Waals surface area contributed by atoms with Gasteiger partial charge in [-0.2, -0.15) is 0 Å². The molecule has 1 fully saturated rings. The van der Waals surface area contributed by atoms with E-state index in [2.05, 4.69) is 39.2 Å². The molecule has 0 radical (unpaired) electrons. The molecule has 1 aliphatic heterocycles. The fourth-order valence-electron chi connectivity index (χ4n) is 2.62. The SMILES string of the molecule is CCOCc1nc(NC)cc(N2CCCC(N(C)C)C2)n1. The first-order chi connectivity index (χ1) is 10.1. The number of likely N-dealkylation sites (N-methyl/N-ethyl adjacent to an activating group) is 1. The van der Waals surface area contributed by atoms with Crippen LogP contribution in [-0.2, 0) is 11.3 Å². The van der Waals surface area contributed by atoms with Crippen LogP contribution < -0.4 is 10.2 Å². The summed E-state index contributed by atoms with van der Waals surface area (Å²) in [4.78, 5) is 13.8. The number of nitrogens with zero attached hydrogens (tertiary/aromatic N) is 4. The standard InChI is InChI=1S/C15H27N5O/c1-5-21-11-14-17-13(16-2)9-15(18-14)20-8-6-7-12(10-20)19(3)4/h9,12H,5-8,10-11H2,1-4H3,(H,16,17,18). The van der Waals surface area contributed by atoms with Crippen molar-refractivity contribution in [2.75, 3.05) is 51.1 Å². The van der Waals surface area contributed by atoms with E-state index in [1.807, 2.05) is 20.0 Å². The summed E-state index contributed by atoms with van der Waals surface area (Å²) in [5, 5.41) is 3.11. The Kier molecular flexibility index (Phi) is 5.76. The van der Waals surface area contributed by atoms with Crippen LogP contribution in [0.3, 0.4) is 0 Å². The molecule has 1 unspecified atom stereocenters. The van der Waals surface area contributed by atoms with Gasteiger partial charge in [0.25, 0.3) is 0 Å². The first kappa shape index (κ1) is 16.0. The predicted octanol–water partition coefficient (Wildman–Crippen LogP) is 1.59. The average Bonchev–Trinajstić information content (AvgIpc) is 2.52. The Morgan fingerprint density at radius 1 is 1.43 bits per heavy atom. The number of anilines is 2. The molecule has 1 aromatic heterocycles. The topological polar surface area (TPSA) is 53.5 Å². The molecule has 0 amide bonds. The molecular formula is C15H27N5O. The van der Waals surface area contributed by atoms with E-state index in [4.69, 9.17) is 4.74 Å². The van der Waals surface area contributed by atoms with E-state index < -0.39 is 0 Å². The summed E-state index contributed by atoms with van der Waals surface area (Å²) >= 11 is 0. The smallest absolute Gasteiger partial charge is 0.158 e. The Balaban J connectivity index is 2.17. The van der Waals surface area contributed by atoms with Crippen molar-refractivity contribution in [2.24, 2.45) is 0 Å². The lowest BCUT2D eigenvalue weighted by Gasteiger charge is -2.37. The minimum absolute atomic E-state index is 0.462. The molecule has 0 aromatic carbocycles. The Hall–Kier alpha value is -1.40. The van der Waals surface area contributed by atoms with Crippen LogP contribution in [0.15, 0.2) is 6.07 Å². The monoisotopic (exact) mass is 293 g/mol. The van der Waals surface area contributed by atoms with Gasteiger partial charge in [0.2, 0.25) is 0 Å². The zero-order chi connectivity index (χ0) is 15.2. The van der Waals surface area contributed by atoms with Gasteiger partial charge in [0.15, 0.2) is 5.82 Å². The molecule has 0 bridgehead atoms. The Labute approximate surface area is 127 Å². The highest BCUT2D eigenvalue weighted by molar-refractivity contribution is 5.49. The summed E-state index contributed by atoms with van der Waals surface area (Å²) in [6.07, 6.45) is 2.45. The first-order valence-electron chi connectivity index (χ1n) is 7.68. The maximum atomic E-state index is 5.44. The van der Waals surface area contributed by atoms with Crippen molar-refractivity contribution in [3.63, 3.8) is 0 Å². The highest BCUT2D eigenvalue weighted by Gasteiger charge is 2.23. The largest absolute Gasteiger partial charge is 0.374 e. The third-order valence-corrected chi connectivity index (χ3v) is 3.90. The Morgan fingerprint density at radius 3 is 2.90 bits per heavy atom. The maximum Gasteiger partial charge on any atom is 0.158 e. The van der Waals surface area contributed by atoms with Crippen LogP contribution in [0.5, 0.6) is 0 Å². The summed E-state index contributed by atoms with van der Waals surface area (Å²) in [6.45, 7) is 5.19. The van der Waals surface area contributed by atoms with Crippen LogP contribution in [0.4, 0.5) is 11.6 Å². The van der Waals surface area contributed by atoms with E-state index in [1.54, 1.807) is 0 Å². The molecule has 0 aliphatic carbocycles. The Bertz CT molecular complexity index is 452. The molecule has 2 heterocycles. The van der Waals surface area contributed by atoms with E-state index in [-0.39, 0.29) is 0 Å². The molecule has 0 spiro atoms. The van der Waals surface area contributed by atoms with Crippen LogP contribution >= 0.6 is 0 Å². The lowest BCUT2D eigenvalue weighted by molar-refractivity contribution is 0.128. The summed E-state index contributed by atoms with van der Waals surface area (Å²) in [5.74, 6) is 2.59. The molecule has 1 aromatic rings. The second-order valence-electron chi connectivity index (χ2n) is 5.62. The van der Waals surface area contributed by atoms with Crippen molar-refractivity contribution in [3.05, 3.63) is 11.9 Å². The number of aromatic nitrogens is 2. The molecule has 1 atom stereocenters. The van der Waals surface area contributed by atoms with E-state index >= 15 is 0 Å². The van der Waals surface area contributed by atoms with Crippen LogP contribution in [0.1, 0.15) is 25.6 Å². The third-order valence-electron chi connectivity index (χ3n) is 3.90. The van der Waals surface area contributed by atoms with E-state index in [0.717, 1.165) is 30.5 Å². The fraction of sp³-hybridized carbons (Fsp3) is 0.733. The van der Waals surface area contributed by atoms with Gasteiger partial charge in [0, 0.05) is 38.9 Å². The van der Waals surface area contributed by atoms with Crippen LogP contribution in [-0.4, -0.2) is 61.7 Å². The van der Waals surface area contributed by atoms with Crippen molar-refractivity contribution >= 4 is 11.6 Å². The fourth-order valence-corrected chi connectivity index (χ4v) is 2.62. The molecule has 1 aliphatic rings. The van der Waals surface area contributed by atoms with E-state index in [0.29, 0.717) is 19.3 Å². The molecule has 1 N–H and O–H groups in total. The van der Waals surface area contributed by atoms with Crippen LogP contribution in [0.2, 0.25) is 0 Å². The summed E-state index contributed by atoms with van der Waals surface area (Å²) in [7, 11) is 6.18. The van der Waals surface area contributed by atoms with E-state index in [9.17, 15) is 0 Å².